The van der Waals surface area contributed by atoms with Crippen LogP contribution in [0.4, 0.5) is 11.4 Å². The molecule has 0 radical (unpaired) electrons. The second-order valence-corrected chi connectivity index (χ2v) is 4.65. The van der Waals surface area contributed by atoms with Crippen LogP contribution in [0.2, 0.25) is 0 Å². The van der Waals surface area contributed by atoms with E-state index in [0.717, 1.165) is 12.1 Å². The van der Waals surface area contributed by atoms with Gasteiger partial charge in [-0.25, -0.2) is 0 Å². The number of nitrogens with zero attached hydrogens (tertiary/aromatic N) is 1. The van der Waals surface area contributed by atoms with E-state index in [9.17, 15) is 4.79 Å². The van der Waals surface area contributed by atoms with E-state index in [2.05, 4.69) is 0 Å². The van der Waals surface area contributed by atoms with Gasteiger partial charge in [-0.05, 0) is 38.5 Å². The summed E-state index contributed by atoms with van der Waals surface area (Å²) in [6.07, 6.45) is 0.811. The number of benzene rings is 1. The molecule has 0 aliphatic carbocycles. The van der Waals surface area contributed by atoms with Crippen molar-refractivity contribution in [2.45, 2.75) is 26.4 Å². The van der Waals surface area contributed by atoms with Crippen molar-refractivity contribution in [2.24, 2.45) is 5.92 Å². The molecule has 1 fully saturated rings. The van der Waals surface area contributed by atoms with Gasteiger partial charge in [0.15, 0.2) is 0 Å². The zero-order valence-electron chi connectivity index (χ0n) is 10.9. The number of nitrogen functional groups attached to an aromatic ring is 1. The normalized spacial score (nSPS) is 23.0. The second kappa shape index (κ2) is 5.40. The lowest BCUT2D eigenvalue weighted by Crippen LogP contribution is -2.38. The Morgan fingerprint density at radius 2 is 2.33 bits per heavy atom. The lowest BCUT2D eigenvalue weighted by molar-refractivity contribution is -0.123. The summed E-state index contributed by atoms with van der Waals surface area (Å²) in [5, 5.41) is 0. The molecule has 1 aliphatic heterocycles. The molecular weight excluding hydrogens is 228 g/mol. The molecule has 2 rings (SSSR count). The lowest BCUT2D eigenvalue weighted by atomic mass is 10.0. The molecule has 0 aromatic heterocycles. The summed E-state index contributed by atoms with van der Waals surface area (Å²) in [4.78, 5) is 14.3. The molecule has 2 N–H and O–H groups in total. The smallest absolute Gasteiger partial charge is 0.232 e. The highest BCUT2D eigenvalue weighted by Gasteiger charge is 2.33. The van der Waals surface area contributed by atoms with Gasteiger partial charge in [-0.3, -0.25) is 4.79 Å². The first-order valence-electron chi connectivity index (χ1n) is 6.42. The summed E-state index contributed by atoms with van der Waals surface area (Å²) < 4.78 is 5.47. The first-order valence-corrected chi connectivity index (χ1v) is 6.42. The topological polar surface area (TPSA) is 55.6 Å². The van der Waals surface area contributed by atoms with Crippen molar-refractivity contribution in [3.63, 3.8) is 0 Å². The number of carbonyl (C=O) groups excluding carboxylic acids is 1. The van der Waals surface area contributed by atoms with Gasteiger partial charge in [0.05, 0.1) is 12.0 Å². The number of hydrogen-bond donors (Lipinski definition) is 1. The molecular formula is C14H20N2O2. The minimum atomic E-state index is -0.0358. The van der Waals surface area contributed by atoms with Crippen molar-refractivity contribution >= 4 is 17.3 Å². The summed E-state index contributed by atoms with van der Waals surface area (Å²) >= 11 is 0. The third-order valence-corrected chi connectivity index (χ3v) is 3.46. The Morgan fingerprint density at radius 3 is 2.89 bits per heavy atom. The predicted octanol–water partition coefficient (Wildman–Crippen LogP) is 2.05. The zero-order valence-corrected chi connectivity index (χ0v) is 10.9. The molecule has 98 valence electrons. The van der Waals surface area contributed by atoms with Crippen LogP contribution >= 0.6 is 0 Å². The van der Waals surface area contributed by atoms with Crippen LogP contribution in [-0.4, -0.2) is 25.2 Å². The fourth-order valence-corrected chi connectivity index (χ4v) is 2.41. The number of rotatable bonds is 3. The maximum atomic E-state index is 12.5. The molecule has 0 spiro atoms. The largest absolute Gasteiger partial charge is 0.399 e. The van der Waals surface area contributed by atoms with Crippen LogP contribution in [0.5, 0.6) is 0 Å². The van der Waals surface area contributed by atoms with E-state index in [1.54, 1.807) is 4.90 Å². The summed E-state index contributed by atoms with van der Waals surface area (Å²) in [5.41, 5.74) is 7.31. The first-order chi connectivity index (χ1) is 8.63. The highest BCUT2D eigenvalue weighted by Crippen LogP contribution is 2.26. The fraction of sp³-hybridized carbons (Fsp3) is 0.500. The number of amides is 1. The van der Waals surface area contributed by atoms with Gasteiger partial charge >= 0.3 is 0 Å². The molecule has 2 atom stereocenters. The summed E-state index contributed by atoms with van der Waals surface area (Å²) in [6, 6.07) is 7.44. The number of carbonyl (C=O) groups is 1. The van der Waals surface area contributed by atoms with Gasteiger partial charge in [0.25, 0.3) is 0 Å². The van der Waals surface area contributed by atoms with Gasteiger partial charge in [-0.1, -0.05) is 6.07 Å². The zero-order chi connectivity index (χ0) is 13.1. The van der Waals surface area contributed by atoms with E-state index in [4.69, 9.17) is 10.5 Å². The first kappa shape index (κ1) is 12.9. The van der Waals surface area contributed by atoms with Crippen LogP contribution in [-0.2, 0) is 9.53 Å². The molecule has 1 amide bonds. The van der Waals surface area contributed by atoms with Gasteiger partial charge in [0.1, 0.15) is 0 Å². The van der Waals surface area contributed by atoms with Crippen LogP contribution < -0.4 is 10.6 Å². The molecule has 1 aromatic rings. The Balaban J connectivity index is 2.20. The third-order valence-electron chi connectivity index (χ3n) is 3.46. The molecule has 0 bridgehead atoms. The predicted molar refractivity (Wildman–Crippen MR) is 72.4 cm³/mol. The average molecular weight is 248 g/mol. The Morgan fingerprint density at radius 1 is 1.56 bits per heavy atom. The van der Waals surface area contributed by atoms with Gasteiger partial charge in [-0.2, -0.15) is 0 Å². The maximum Gasteiger partial charge on any atom is 0.232 e. The van der Waals surface area contributed by atoms with Crippen LogP contribution in [0.3, 0.4) is 0 Å². The van der Waals surface area contributed by atoms with Crippen molar-refractivity contribution in [3.05, 3.63) is 24.3 Å². The SMILES string of the molecule is CCN(C(=O)C1CCOC1C)c1cccc(N)c1. The Kier molecular flexibility index (Phi) is 3.87. The molecule has 4 heteroatoms. The number of hydrogen-bond acceptors (Lipinski definition) is 3. The van der Waals surface area contributed by atoms with Gasteiger partial charge in [0, 0.05) is 24.5 Å². The lowest BCUT2D eigenvalue weighted by Gasteiger charge is -2.25. The van der Waals surface area contributed by atoms with E-state index >= 15 is 0 Å². The molecule has 1 heterocycles. The average Bonchev–Trinajstić information content (AvgIpc) is 2.76. The van der Waals surface area contributed by atoms with Gasteiger partial charge < -0.3 is 15.4 Å². The van der Waals surface area contributed by atoms with Crippen molar-refractivity contribution in [1.29, 1.82) is 0 Å². The minimum Gasteiger partial charge on any atom is -0.399 e. The van der Waals surface area contributed by atoms with Crippen molar-refractivity contribution in [3.8, 4) is 0 Å². The standard InChI is InChI=1S/C14H20N2O2/c1-3-16(12-6-4-5-11(15)9-12)14(17)13-7-8-18-10(13)2/h4-6,9-10,13H,3,7-8,15H2,1-2H3. The van der Waals surface area contributed by atoms with Crippen LogP contribution in [0, 0.1) is 5.92 Å². The highest BCUT2D eigenvalue weighted by molar-refractivity contribution is 5.95. The second-order valence-electron chi connectivity index (χ2n) is 4.65. The Hall–Kier alpha value is -1.55. The van der Waals surface area contributed by atoms with Gasteiger partial charge in [-0.15, -0.1) is 0 Å². The molecule has 1 saturated heterocycles. The third kappa shape index (κ3) is 2.48. The van der Waals surface area contributed by atoms with Gasteiger partial charge in [0.2, 0.25) is 5.91 Å². The summed E-state index contributed by atoms with van der Waals surface area (Å²) in [6.45, 7) is 5.25. The molecule has 2 unspecified atom stereocenters. The molecule has 18 heavy (non-hydrogen) atoms. The van der Waals surface area contributed by atoms with Crippen molar-refractivity contribution < 1.29 is 9.53 Å². The van der Waals surface area contributed by atoms with Crippen molar-refractivity contribution in [2.75, 3.05) is 23.8 Å². The van der Waals surface area contributed by atoms with Crippen LogP contribution in [0.1, 0.15) is 20.3 Å². The van der Waals surface area contributed by atoms with Crippen LogP contribution in [0.15, 0.2) is 24.3 Å². The molecule has 1 aliphatic rings. The molecule has 4 nitrogen and oxygen atoms in total. The number of nitrogens with two attached hydrogens (primary N) is 1. The van der Waals surface area contributed by atoms with E-state index in [0.29, 0.717) is 18.8 Å². The quantitative estimate of drug-likeness (QED) is 0.833. The number of ether oxygens (including phenoxy) is 1. The minimum absolute atomic E-state index is 0.00705. The maximum absolute atomic E-state index is 12.5. The molecule has 1 aromatic carbocycles. The Bertz CT molecular complexity index is 434. The van der Waals surface area contributed by atoms with E-state index < -0.39 is 0 Å². The monoisotopic (exact) mass is 248 g/mol. The van der Waals surface area contributed by atoms with Crippen LogP contribution in [0.25, 0.3) is 0 Å². The summed E-state index contributed by atoms with van der Waals surface area (Å²) in [5.74, 6) is 0.0967. The fourth-order valence-electron chi connectivity index (χ4n) is 2.41. The van der Waals surface area contributed by atoms with E-state index in [1.807, 2.05) is 38.1 Å². The molecule has 0 saturated carbocycles. The van der Waals surface area contributed by atoms with Crippen molar-refractivity contribution in [1.82, 2.24) is 0 Å². The highest BCUT2D eigenvalue weighted by atomic mass is 16.5. The Labute approximate surface area is 108 Å². The number of anilines is 2. The van der Waals surface area contributed by atoms with E-state index in [1.165, 1.54) is 0 Å². The van der Waals surface area contributed by atoms with E-state index in [-0.39, 0.29) is 17.9 Å². The summed E-state index contributed by atoms with van der Waals surface area (Å²) in [7, 11) is 0.